The lowest BCUT2D eigenvalue weighted by molar-refractivity contribution is -0.0966. The Balaban J connectivity index is 1.13. The van der Waals surface area contributed by atoms with Crippen molar-refractivity contribution in [1.29, 1.82) is 0 Å². The first-order valence-corrected chi connectivity index (χ1v) is 13.2. The molecule has 1 aromatic carbocycles. The summed E-state index contributed by atoms with van der Waals surface area (Å²) in [6.45, 7) is 7.88. The molecule has 1 amide bonds. The SMILES string of the molecule is CN1CCc2cc(NC(=O)ON3CCN(c4nc(N)nc5scc(C6=NC(C)(C)CO6)c45)CC3)ccc21. The number of piperazine rings is 1. The summed E-state index contributed by atoms with van der Waals surface area (Å²) >= 11 is 1.50. The number of hydroxylamine groups is 2. The molecule has 0 radical (unpaired) electrons. The van der Waals surface area contributed by atoms with Crippen LogP contribution < -0.4 is 20.9 Å². The predicted molar refractivity (Wildman–Crippen MR) is 146 cm³/mol. The highest BCUT2D eigenvalue weighted by atomic mass is 32.1. The van der Waals surface area contributed by atoms with E-state index in [2.05, 4.69) is 32.1 Å². The summed E-state index contributed by atoms with van der Waals surface area (Å²) in [5, 5.41) is 7.43. The van der Waals surface area contributed by atoms with Crippen LogP contribution in [-0.2, 0) is 16.0 Å². The largest absolute Gasteiger partial charge is 0.475 e. The van der Waals surface area contributed by atoms with Crippen LogP contribution in [0.2, 0.25) is 0 Å². The van der Waals surface area contributed by atoms with Crippen molar-refractivity contribution in [3.63, 3.8) is 0 Å². The van der Waals surface area contributed by atoms with Gasteiger partial charge in [0, 0.05) is 43.4 Å². The summed E-state index contributed by atoms with van der Waals surface area (Å²) < 4.78 is 5.91. The average molecular weight is 523 g/mol. The van der Waals surface area contributed by atoms with Gasteiger partial charge in [-0.25, -0.2) is 14.8 Å². The standard InChI is InChI=1S/C25H30N8O3S/c1-25(2)14-35-21(30-25)17-13-37-22-19(17)20(28-23(26)29-22)32-8-10-33(11-9-32)36-24(34)27-16-4-5-18-15(12-16)6-7-31(18)3/h4-5,12-13H,6-11,14H2,1-3H3,(H,27,34)(H2,26,28,29). The smallest absolute Gasteiger partial charge is 0.430 e. The van der Waals surface area contributed by atoms with Crippen LogP contribution in [0.1, 0.15) is 25.0 Å². The molecule has 37 heavy (non-hydrogen) atoms. The zero-order valence-corrected chi connectivity index (χ0v) is 22.0. The summed E-state index contributed by atoms with van der Waals surface area (Å²) in [4.78, 5) is 37.1. The van der Waals surface area contributed by atoms with Gasteiger partial charge in [-0.1, -0.05) is 0 Å². The number of hydrogen-bond acceptors (Lipinski definition) is 11. The van der Waals surface area contributed by atoms with Gasteiger partial charge in [0.1, 0.15) is 17.3 Å². The third kappa shape index (κ3) is 4.62. The highest BCUT2D eigenvalue weighted by molar-refractivity contribution is 7.17. The first-order valence-electron chi connectivity index (χ1n) is 12.4. The fraction of sp³-hybridized carbons (Fsp3) is 0.440. The molecule has 1 saturated heterocycles. The fourth-order valence-corrected chi connectivity index (χ4v) is 5.86. The van der Waals surface area contributed by atoms with Crippen LogP contribution in [0.25, 0.3) is 10.2 Å². The molecular weight excluding hydrogens is 492 g/mol. The maximum Gasteiger partial charge on any atom is 0.430 e. The second kappa shape index (κ2) is 9.03. The number of nitrogens with two attached hydrogens (primary N) is 1. The van der Waals surface area contributed by atoms with E-state index in [1.807, 2.05) is 37.4 Å². The quantitative estimate of drug-likeness (QED) is 0.532. The average Bonchev–Trinajstić information content (AvgIpc) is 3.55. The van der Waals surface area contributed by atoms with Crippen LogP contribution in [0.3, 0.4) is 0 Å². The maximum atomic E-state index is 12.6. The molecule has 12 heteroatoms. The number of rotatable bonds is 4. The molecule has 3 N–H and O–H groups in total. The Morgan fingerprint density at radius 2 is 2.00 bits per heavy atom. The van der Waals surface area contributed by atoms with E-state index < -0.39 is 6.09 Å². The first kappa shape index (κ1) is 23.7. The Morgan fingerprint density at radius 3 is 2.76 bits per heavy atom. The molecule has 6 rings (SSSR count). The molecular formula is C25H30N8O3S. The molecule has 3 aromatic rings. The van der Waals surface area contributed by atoms with Crippen LogP contribution in [0.4, 0.5) is 27.9 Å². The minimum absolute atomic E-state index is 0.226. The lowest BCUT2D eigenvalue weighted by Crippen LogP contribution is -2.47. The second-order valence-electron chi connectivity index (χ2n) is 10.2. The third-order valence-corrected chi connectivity index (χ3v) is 7.70. The van der Waals surface area contributed by atoms with Crippen molar-refractivity contribution < 1.29 is 14.4 Å². The summed E-state index contributed by atoms with van der Waals surface area (Å²) in [7, 11) is 2.07. The van der Waals surface area contributed by atoms with Crippen LogP contribution in [0.15, 0.2) is 28.6 Å². The Kier molecular flexibility index (Phi) is 5.80. The van der Waals surface area contributed by atoms with Crippen LogP contribution in [0.5, 0.6) is 0 Å². The van der Waals surface area contributed by atoms with E-state index in [0.29, 0.717) is 38.7 Å². The number of nitrogen functional groups attached to an aromatic ring is 1. The molecule has 5 heterocycles. The number of ether oxygens (including phenoxy) is 1. The van der Waals surface area contributed by atoms with Crippen molar-refractivity contribution in [3.8, 4) is 0 Å². The van der Waals surface area contributed by atoms with Gasteiger partial charge < -0.3 is 25.1 Å². The number of likely N-dealkylation sites (N-methyl/N-ethyl adjacent to an activating group) is 1. The number of nitrogens with one attached hydrogen (secondary N) is 1. The van der Waals surface area contributed by atoms with Gasteiger partial charge in [-0.3, -0.25) is 5.32 Å². The minimum atomic E-state index is -0.493. The molecule has 0 saturated carbocycles. The normalized spacial score (nSPS) is 19.1. The van der Waals surface area contributed by atoms with Gasteiger partial charge in [0.2, 0.25) is 11.8 Å². The summed E-state index contributed by atoms with van der Waals surface area (Å²) in [5.41, 5.74) is 9.85. The van der Waals surface area contributed by atoms with Gasteiger partial charge in [0.05, 0.1) is 29.6 Å². The zero-order valence-electron chi connectivity index (χ0n) is 21.2. The van der Waals surface area contributed by atoms with E-state index >= 15 is 0 Å². The van der Waals surface area contributed by atoms with Crippen LogP contribution in [0, 0.1) is 0 Å². The Hall–Kier alpha value is -3.64. The number of nitrogens with zero attached hydrogens (tertiary/aromatic N) is 6. The molecule has 3 aliphatic rings. The topological polar surface area (TPSA) is 121 Å². The number of aliphatic imine (C=N–C) groups is 1. The highest BCUT2D eigenvalue weighted by Crippen LogP contribution is 2.36. The van der Waals surface area contributed by atoms with E-state index in [9.17, 15) is 4.79 Å². The number of anilines is 4. The maximum absolute atomic E-state index is 12.6. The van der Waals surface area contributed by atoms with Crippen molar-refractivity contribution in [3.05, 3.63) is 34.7 Å². The predicted octanol–water partition coefficient (Wildman–Crippen LogP) is 3.11. The van der Waals surface area contributed by atoms with Gasteiger partial charge in [-0.15, -0.1) is 16.4 Å². The number of aromatic nitrogens is 2. The number of fused-ring (bicyclic) bond motifs is 2. The summed E-state index contributed by atoms with van der Waals surface area (Å²) in [6.07, 6.45) is 0.481. The lowest BCUT2D eigenvalue weighted by atomic mass is 10.1. The summed E-state index contributed by atoms with van der Waals surface area (Å²) in [6, 6.07) is 5.95. The molecule has 0 bridgehead atoms. The number of hydrogen-bond donors (Lipinski definition) is 2. The van der Waals surface area contributed by atoms with Crippen molar-refractivity contribution in [2.24, 2.45) is 4.99 Å². The number of benzene rings is 1. The molecule has 0 atom stereocenters. The van der Waals surface area contributed by atoms with Gasteiger partial charge in [0.15, 0.2) is 0 Å². The van der Waals surface area contributed by atoms with Gasteiger partial charge in [-0.05, 0) is 44.0 Å². The van der Waals surface area contributed by atoms with Crippen LogP contribution >= 0.6 is 11.3 Å². The van der Waals surface area contributed by atoms with Crippen molar-refractivity contribution in [1.82, 2.24) is 15.0 Å². The Bertz CT molecular complexity index is 1400. The lowest BCUT2D eigenvalue weighted by Gasteiger charge is -2.34. The van der Waals surface area contributed by atoms with E-state index in [0.717, 1.165) is 40.3 Å². The van der Waals surface area contributed by atoms with Gasteiger partial charge in [-0.2, -0.15) is 4.98 Å². The van der Waals surface area contributed by atoms with E-state index in [-0.39, 0.29) is 11.5 Å². The molecule has 11 nitrogen and oxygen atoms in total. The number of thiophene rings is 1. The minimum Gasteiger partial charge on any atom is -0.475 e. The number of amides is 1. The monoisotopic (exact) mass is 522 g/mol. The first-order chi connectivity index (χ1) is 17.8. The zero-order chi connectivity index (χ0) is 25.7. The molecule has 0 unspecified atom stereocenters. The van der Waals surface area contributed by atoms with Crippen molar-refractivity contribution in [2.45, 2.75) is 25.8 Å². The molecule has 3 aliphatic heterocycles. The van der Waals surface area contributed by atoms with Gasteiger partial charge in [0.25, 0.3) is 0 Å². The fourth-order valence-electron chi connectivity index (χ4n) is 4.94. The summed E-state index contributed by atoms with van der Waals surface area (Å²) in [5.74, 6) is 1.59. The van der Waals surface area contributed by atoms with Crippen molar-refractivity contribution >= 4 is 56.7 Å². The Morgan fingerprint density at radius 1 is 1.19 bits per heavy atom. The van der Waals surface area contributed by atoms with Gasteiger partial charge >= 0.3 is 6.09 Å². The molecule has 1 fully saturated rings. The number of carbonyl (C=O) groups is 1. The molecule has 194 valence electrons. The Labute approximate surface area is 218 Å². The van der Waals surface area contributed by atoms with E-state index in [1.54, 1.807) is 5.06 Å². The van der Waals surface area contributed by atoms with Crippen LogP contribution in [-0.4, -0.2) is 78.9 Å². The second-order valence-corrected chi connectivity index (χ2v) is 11.0. The molecule has 0 spiro atoms. The van der Waals surface area contributed by atoms with Crippen molar-refractivity contribution in [2.75, 3.05) is 67.2 Å². The highest BCUT2D eigenvalue weighted by Gasteiger charge is 2.31. The third-order valence-electron chi connectivity index (χ3n) is 6.83. The number of carbonyl (C=O) groups excluding carboxylic acids is 1. The van der Waals surface area contributed by atoms with E-state index in [1.165, 1.54) is 22.6 Å². The molecule has 0 aliphatic carbocycles. The molecule has 2 aromatic heterocycles. The van der Waals surface area contributed by atoms with E-state index in [4.69, 9.17) is 20.3 Å².